The molecule has 3 heterocycles. The van der Waals surface area contributed by atoms with Crippen LogP contribution in [0.4, 0.5) is 5.69 Å². The van der Waals surface area contributed by atoms with E-state index >= 15 is 0 Å². The van der Waals surface area contributed by atoms with Crippen molar-refractivity contribution >= 4 is 57.3 Å². The number of anilines is 1. The summed E-state index contributed by atoms with van der Waals surface area (Å²) in [5.74, 6) is -1.32. The van der Waals surface area contributed by atoms with Crippen molar-refractivity contribution in [2.75, 3.05) is 24.6 Å². The summed E-state index contributed by atoms with van der Waals surface area (Å²) >= 11 is 6.50. The van der Waals surface area contributed by atoms with E-state index in [0.717, 1.165) is 24.6 Å². The van der Waals surface area contributed by atoms with E-state index in [9.17, 15) is 14.4 Å². The summed E-state index contributed by atoms with van der Waals surface area (Å²) in [4.78, 5) is 40.5. The molecule has 0 spiro atoms. The first-order chi connectivity index (χ1) is 13.0. The van der Waals surface area contributed by atoms with Gasteiger partial charge in [0.05, 0.1) is 28.8 Å². The second-order valence-corrected chi connectivity index (χ2v) is 8.14. The zero-order valence-corrected chi connectivity index (χ0v) is 16.0. The summed E-state index contributed by atoms with van der Waals surface area (Å²) in [5.41, 5.74) is 6.75. The van der Waals surface area contributed by atoms with E-state index < -0.39 is 11.8 Å². The van der Waals surface area contributed by atoms with Crippen molar-refractivity contribution in [2.24, 2.45) is 5.73 Å². The highest BCUT2D eigenvalue weighted by Gasteiger charge is 2.42. The monoisotopic (exact) mass is 403 g/mol. The molecule has 27 heavy (non-hydrogen) atoms. The molecule has 0 saturated carbocycles. The number of para-hydroxylation sites is 1. The van der Waals surface area contributed by atoms with Gasteiger partial charge in [-0.05, 0) is 18.9 Å². The SMILES string of the molecule is NC(=O)CN1C(=O)/C(=C2\SC(=S)N(C[C@H]3CCCO3)C2=O)c2ccccc21. The standard InChI is InChI=1S/C18H17N3O4S2/c19-13(22)9-20-12-6-2-1-5-11(12)14(16(20)23)15-17(24)21(18(26)27-15)8-10-4-3-7-25-10/h1-2,5-6,10H,3-4,7-9H2,(H2,19,22)/b15-14-/t10-/m1/s1. The van der Waals surface area contributed by atoms with Gasteiger partial charge in [-0.3, -0.25) is 24.2 Å². The molecular weight excluding hydrogens is 386 g/mol. The van der Waals surface area contributed by atoms with Gasteiger partial charge in [0.25, 0.3) is 11.8 Å². The lowest BCUT2D eigenvalue weighted by Gasteiger charge is -2.18. The van der Waals surface area contributed by atoms with Gasteiger partial charge >= 0.3 is 0 Å². The molecule has 140 valence electrons. The Labute approximate surface area is 165 Å². The van der Waals surface area contributed by atoms with Crippen LogP contribution in [0, 0.1) is 0 Å². The van der Waals surface area contributed by atoms with E-state index in [1.807, 2.05) is 0 Å². The normalized spacial score (nSPS) is 24.9. The minimum absolute atomic E-state index is 0.0326. The third-order valence-electron chi connectivity index (χ3n) is 4.72. The van der Waals surface area contributed by atoms with Gasteiger partial charge in [-0.2, -0.15) is 0 Å². The quantitative estimate of drug-likeness (QED) is 0.601. The molecular formula is C18H17N3O4S2. The van der Waals surface area contributed by atoms with Crippen LogP contribution >= 0.6 is 24.0 Å². The number of rotatable bonds is 4. The molecule has 0 aromatic heterocycles. The van der Waals surface area contributed by atoms with Crippen LogP contribution in [0.5, 0.6) is 0 Å². The number of ether oxygens (including phenoxy) is 1. The third kappa shape index (κ3) is 3.15. The maximum Gasteiger partial charge on any atom is 0.267 e. The Kier molecular flexibility index (Phi) is 4.75. The van der Waals surface area contributed by atoms with Gasteiger partial charge < -0.3 is 10.5 Å². The Morgan fingerprint density at radius 3 is 2.74 bits per heavy atom. The average molecular weight is 403 g/mol. The fraction of sp³-hybridized carbons (Fsp3) is 0.333. The summed E-state index contributed by atoms with van der Waals surface area (Å²) in [6, 6.07) is 7.05. The highest BCUT2D eigenvalue weighted by molar-refractivity contribution is 8.26. The second-order valence-electron chi connectivity index (χ2n) is 6.50. The van der Waals surface area contributed by atoms with Crippen LogP contribution in [0.25, 0.3) is 5.57 Å². The zero-order valence-electron chi connectivity index (χ0n) is 14.3. The molecule has 2 saturated heterocycles. The molecule has 4 rings (SSSR count). The van der Waals surface area contributed by atoms with Crippen molar-refractivity contribution in [3.05, 3.63) is 34.7 Å². The number of benzene rings is 1. The Morgan fingerprint density at radius 2 is 2.04 bits per heavy atom. The van der Waals surface area contributed by atoms with Crippen molar-refractivity contribution in [1.82, 2.24) is 4.90 Å². The summed E-state index contributed by atoms with van der Waals surface area (Å²) in [6.07, 6.45) is 1.82. The maximum absolute atomic E-state index is 13.0. The lowest BCUT2D eigenvalue weighted by Crippen LogP contribution is -2.37. The van der Waals surface area contributed by atoms with Crippen LogP contribution in [0.3, 0.4) is 0 Å². The summed E-state index contributed by atoms with van der Waals surface area (Å²) in [7, 11) is 0. The van der Waals surface area contributed by atoms with Crippen LogP contribution < -0.4 is 10.6 Å². The van der Waals surface area contributed by atoms with Gasteiger partial charge in [0.1, 0.15) is 10.9 Å². The smallest absolute Gasteiger partial charge is 0.267 e. The number of nitrogens with zero attached hydrogens (tertiary/aromatic N) is 2. The first-order valence-corrected chi connectivity index (χ1v) is 9.79. The van der Waals surface area contributed by atoms with Crippen LogP contribution in [0.1, 0.15) is 18.4 Å². The Balaban J connectivity index is 1.71. The van der Waals surface area contributed by atoms with E-state index in [0.29, 0.717) is 33.6 Å². The number of fused-ring (bicyclic) bond motifs is 1. The zero-order chi connectivity index (χ0) is 19.1. The van der Waals surface area contributed by atoms with E-state index in [4.69, 9.17) is 22.7 Å². The molecule has 0 unspecified atom stereocenters. The van der Waals surface area contributed by atoms with Gasteiger partial charge in [0, 0.05) is 12.2 Å². The summed E-state index contributed by atoms with van der Waals surface area (Å²) < 4.78 is 6.02. The predicted molar refractivity (Wildman–Crippen MR) is 106 cm³/mol. The lowest BCUT2D eigenvalue weighted by molar-refractivity contribution is -0.123. The van der Waals surface area contributed by atoms with E-state index in [1.165, 1.54) is 9.80 Å². The van der Waals surface area contributed by atoms with Crippen molar-refractivity contribution in [3.63, 3.8) is 0 Å². The lowest BCUT2D eigenvalue weighted by atomic mass is 10.1. The molecule has 0 radical (unpaired) electrons. The molecule has 9 heteroatoms. The largest absolute Gasteiger partial charge is 0.376 e. The molecule has 2 fully saturated rings. The molecule has 2 N–H and O–H groups in total. The molecule has 3 aliphatic heterocycles. The number of primary amides is 1. The Morgan fingerprint density at radius 1 is 1.26 bits per heavy atom. The summed E-state index contributed by atoms with van der Waals surface area (Å²) in [6.45, 7) is 0.840. The van der Waals surface area contributed by atoms with Gasteiger partial charge in [0.15, 0.2) is 0 Å². The highest BCUT2D eigenvalue weighted by atomic mass is 32.2. The first-order valence-electron chi connectivity index (χ1n) is 8.56. The molecule has 3 amide bonds. The van der Waals surface area contributed by atoms with Crippen LogP contribution in [0.2, 0.25) is 0 Å². The van der Waals surface area contributed by atoms with Crippen LogP contribution in [-0.2, 0) is 19.1 Å². The van der Waals surface area contributed by atoms with Gasteiger partial charge in [0.2, 0.25) is 5.91 Å². The molecule has 7 nitrogen and oxygen atoms in total. The third-order valence-corrected chi connectivity index (χ3v) is 6.17. The van der Waals surface area contributed by atoms with Gasteiger partial charge in [-0.25, -0.2) is 0 Å². The van der Waals surface area contributed by atoms with Gasteiger partial charge in [-0.15, -0.1) is 0 Å². The minimum Gasteiger partial charge on any atom is -0.376 e. The number of hydrogen-bond donors (Lipinski definition) is 1. The number of carbonyl (C=O) groups excluding carboxylic acids is 3. The molecule has 3 aliphatic rings. The van der Waals surface area contributed by atoms with E-state index in [2.05, 4.69) is 0 Å². The average Bonchev–Trinajstić information content (AvgIpc) is 3.31. The number of nitrogens with two attached hydrogens (primary N) is 1. The molecule has 1 aromatic rings. The minimum atomic E-state index is -0.620. The van der Waals surface area contributed by atoms with E-state index in [1.54, 1.807) is 24.3 Å². The van der Waals surface area contributed by atoms with Crippen molar-refractivity contribution in [2.45, 2.75) is 18.9 Å². The fourth-order valence-electron chi connectivity index (χ4n) is 3.51. The Hall–Kier alpha value is -2.23. The van der Waals surface area contributed by atoms with Crippen molar-refractivity contribution in [1.29, 1.82) is 0 Å². The fourth-order valence-corrected chi connectivity index (χ4v) is 4.86. The number of hydrogen-bond acceptors (Lipinski definition) is 6. The molecule has 0 bridgehead atoms. The molecule has 1 atom stereocenters. The summed E-state index contributed by atoms with van der Waals surface area (Å²) in [5, 5.41) is 0. The van der Waals surface area contributed by atoms with Crippen LogP contribution in [-0.4, -0.2) is 52.7 Å². The highest BCUT2D eigenvalue weighted by Crippen LogP contribution is 2.44. The first kappa shape index (κ1) is 18.1. The second kappa shape index (κ2) is 7.06. The number of thiocarbonyl (C=S) groups is 1. The van der Waals surface area contributed by atoms with Crippen molar-refractivity contribution in [3.8, 4) is 0 Å². The Bertz CT molecular complexity index is 892. The number of amides is 3. The molecule has 0 aliphatic carbocycles. The van der Waals surface area contributed by atoms with E-state index in [-0.39, 0.29) is 24.1 Å². The van der Waals surface area contributed by atoms with Gasteiger partial charge in [-0.1, -0.05) is 42.2 Å². The molecule has 1 aromatic carbocycles. The predicted octanol–water partition coefficient (Wildman–Crippen LogP) is 1.27. The maximum atomic E-state index is 13.0. The van der Waals surface area contributed by atoms with Crippen LogP contribution in [0.15, 0.2) is 29.2 Å². The topological polar surface area (TPSA) is 92.9 Å². The number of carbonyl (C=O) groups is 3. The number of thioether (sulfide) groups is 1. The van der Waals surface area contributed by atoms with Crippen molar-refractivity contribution < 1.29 is 19.1 Å².